The van der Waals surface area contributed by atoms with E-state index in [2.05, 4.69) is 6.07 Å². The summed E-state index contributed by atoms with van der Waals surface area (Å²) >= 11 is 0. The molecule has 0 aliphatic heterocycles. The molecule has 0 radical (unpaired) electrons. The summed E-state index contributed by atoms with van der Waals surface area (Å²) in [5, 5.41) is 9.35. The maximum Gasteiger partial charge on any atom is 0.165 e. The Hall–Kier alpha value is -2.54. The molecule has 0 spiro atoms. The molecule has 3 nitrogen and oxygen atoms in total. The Morgan fingerprint density at radius 2 is 1.77 bits per heavy atom. The Kier molecular flexibility index (Phi) is 5.79. The molecule has 0 aromatic heterocycles. The Bertz CT molecular complexity index is 652. The van der Waals surface area contributed by atoms with Gasteiger partial charge in [0, 0.05) is 5.56 Å². The average molecular weight is 299 g/mol. The second-order valence-electron chi connectivity index (χ2n) is 4.84. The van der Waals surface area contributed by atoms with Crippen molar-refractivity contribution in [1.82, 2.24) is 0 Å². The summed E-state index contributed by atoms with van der Waals surface area (Å²) in [6.07, 6.45) is 1.29. The highest BCUT2D eigenvalue weighted by Gasteiger charge is 2.15. The highest BCUT2D eigenvalue weighted by atomic mass is 19.1. The predicted molar refractivity (Wildman–Crippen MR) is 82.5 cm³/mol. The average Bonchev–Trinajstić information content (AvgIpc) is 2.56. The Labute approximate surface area is 129 Å². The van der Waals surface area contributed by atoms with E-state index < -0.39 is 0 Å². The number of para-hydroxylation sites is 2. The van der Waals surface area contributed by atoms with Gasteiger partial charge in [-0.3, -0.25) is 0 Å². The van der Waals surface area contributed by atoms with Crippen LogP contribution in [0.2, 0.25) is 0 Å². The predicted octanol–water partition coefficient (Wildman–Crippen LogP) is 4.30. The smallest absolute Gasteiger partial charge is 0.165 e. The molecule has 2 aromatic carbocycles. The highest BCUT2D eigenvalue weighted by Crippen LogP contribution is 2.29. The summed E-state index contributed by atoms with van der Waals surface area (Å²) in [6.45, 7) is 0.369. The molecule has 0 aliphatic rings. The van der Waals surface area contributed by atoms with E-state index in [9.17, 15) is 9.65 Å². The van der Waals surface area contributed by atoms with Crippen molar-refractivity contribution in [2.75, 3.05) is 13.7 Å². The molecule has 0 amide bonds. The number of ether oxygens (including phenoxy) is 2. The van der Waals surface area contributed by atoms with Gasteiger partial charge in [-0.1, -0.05) is 30.3 Å². The van der Waals surface area contributed by atoms with E-state index in [1.807, 2.05) is 24.3 Å². The van der Waals surface area contributed by atoms with Gasteiger partial charge in [0.05, 0.1) is 25.7 Å². The van der Waals surface area contributed by atoms with Crippen LogP contribution in [0.25, 0.3) is 0 Å². The van der Waals surface area contributed by atoms with Crippen LogP contribution in [-0.2, 0) is 0 Å². The van der Waals surface area contributed by atoms with E-state index in [1.54, 1.807) is 25.3 Å². The van der Waals surface area contributed by atoms with E-state index in [-0.39, 0.29) is 17.5 Å². The van der Waals surface area contributed by atoms with Crippen LogP contribution in [0.3, 0.4) is 0 Å². The van der Waals surface area contributed by atoms with Crippen LogP contribution < -0.4 is 9.47 Å². The number of methoxy groups -OCH3 is 1. The molecular formula is C18H18FNO2. The monoisotopic (exact) mass is 299 g/mol. The minimum atomic E-state index is -0.371. The van der Waals surface area contributed by atoms with Gasteiger partial charge in [0.15, 0.2) is 11.6 Å². The van der Waals surface area contributed by atoms with Gasteiger partial charge in [0.25, 0.3) is 0 Å². The second kappa shape index (κ2) is 8.04. The largest absolute Gasteiger partial charge is 0.496 e. The molecule has 1 unspecified atom stereocenters. The Balaban J connectivity index is 1.90. The first-order chi connectivity index (χ1) is 10.8. The lowest BCUT2D eigenvalue weighted by Gasteiger charge is -2.13. The van der Waals surface area contributed by atoms with Crippen LogP contribution in [0.5, 0.6) is 11.5 Å². The summed E-state index contributed by atoms with van der Waals surface area (Å²) in [6, 6.07) is 16.1. The van der Waals surface area contributed by atoms with Crippen molar-refractivity contribution in [3.8, 4) is 17.6 Å². The summed E-state index contributed by atoms with van der Waals surface area (Å²) in [5.41, 5.74) is 0.874. The fourth-order valence-corrected chi connectivity index (χ4v) is 2.28. The third kappa shape index (κ3) is 3.98. The molecule has 114 valence electrons. The molecule has 0 heterocycles. The maximum atomic E-state index is 13.4. The van der Waals surface area contributed by atoms with E-state index in [0.717, 1.165) is 5.56 Å². The maximum absolute atomic E-state index is 13.4. The fourth-order valence-electron chi connectivity index (χ4n) is 2.28. The summed E-state index contributed by atoms with van der Waals surface area (Å²) in [4.78, 5) is 0. The van der Waals surface area contributed by atoms with Gasteiger partial charge in [0.2, 0.25) is 0 Å². The lowest BCUT2D eigenvalue weighted by Crippen LogP contribution is -2.04. The van der Waals surface area contributed by atoms with Crippen molar-refractivity contribution >= 4 is 0 Å². The number of benzene rings is 2. The van der Waals surface area contributed by atoms with Crippen molar-refractivity contribution in [1.29, 1.82) is 5.26 Å². The third-order valence-electron chi connectivity index (χ3n) is 3.40. The lowest BCUT2D eigenvalue weighted by molar-refractivity contribution is 0.290. The van der Waals surface area contributed by atoms with Crippen LogP contribution in [-0.4, -0.2) is 13.7 Å². The summed E-state index contributed by atoms with van der Waals surface area (Å²) in [5.74, 6) is 0.321. The van der Waals surface area contributed by atoms with Crippen molar-refractivity contribution < 1.29 is 13.9 Å². The van der Waals surface area contributed by atoms with Gasteiger partial charge >= 0.3 is 0 Å². The third-order valence-corrected chi connectivity index (χ3v) is 3.40. The van der Waals surface area contributed by atoms with Crippen LogP contribution in [0.1, 0.15) is 24.3 Å². The van der Waals surface area contributed by atoms with Crippen LogP contribution in [0.4, 0.5) is 4.39 Å². The summed E-state index contributed by atoms with van der Waals surface area (Å²) < 4.78 is 24.1. The molecule has 0 N–H and O–H groups in total. The summed E-state index contributed by atoms with van der Waals surface area (Å²) in [7, 11) is 1.59. The van der Waals surface area contributed by atoms with Gasteiger partial charge in [-0.2, -0.15) is 5.26 Å². The molecule has 0 saturated heterocycles. The van der Waals surface area contributed by atoms with Crippen LogP contribution >= 0.6 is 0 Å². The van der Waals surface area contributed by atoms with Gasteiger partial charge in [-0.05, 0) is 31.0 Å². The standard InChI is InChI=1S/C18H18FNO2/c1-21-17-10-4-2-8-15(17)14(13-20)7-6-12-22-18-11-5-3-9-16(18)19/h2-5,8-11,14H,6-7,12H2,1H3. The topological polar surface area (TPSA) is 42.2 Å². The minimum Gasteiger partial charge on any atom is -0.496 e. The fraction of sp³-hybridized carbons (Fsp3) is 0.278. The molecule has 0 bridgehead atoms. The van der Waals surface area contributed by atoms with E-state index in [1.165, 1.54) is 6.07 Å². The zero-order chi connectivity index (χ0) is 15.8. The molecule has 0 fully saturated rings. The van der Waals surface area contributed by atoms with E-state index in [4.69, 9.17) is 9.47 Å². The molecule has 0 aliphatic carbocycles. The number of hydrogen-bond donors (Lipinski definition) is 0. The lowest BCUT2D eigenvalue weighted by atomic mass is 9.95. The minimum absolute atomic E-state index is 0.244. The number of hydrogen-bond acceptors (Lipinski definition) is 3. The zero-order valence-electron chi connectivity index (χ0n) is 12.5. The van der Waals surface area contributed by atoms with Crippen LogP contribution in [0.15, 0.2) is 48.5 Å². The first-order valence-electron chi connectivity index (χ1n) is 7.16. The van der Waals surface area contributed by atoms with Crippen molar-refractivity contribution in [3.05, 3.63) is 59.9 Å². The zero-order valence-corrected chi connectivity index (χ0v) is 12.5. The molecule has 22 heavy (non-hydrogen) atoms. The first kappa shape index (κ1) is 15.8. The normalized spacial score (nSPS) is 11.5. The van der Waals surface area contributed by atoms with Crippen molar-refractivity contribution in [2.24, 2.45) is 0 Å². The second-order valence-corrected chi connectivity index (χ2v) is 4.84. The SMILES string of the molecule is COc1ccccc1C(C#N)CCCOc1ccccc1F. The van der Waals surface area contributed by atoms with Gasteiger partial charge in [0.1, 0.15) is 5.75 Å². The number of halogens is 1. The Morgan fingerprint density at radius 1 is 1.09 bits per heavy atom. The molecule has 0 saturated carbocycles. The van der Waals surface area contributed by atoms with Gasteiger partial charge in [-0.15, -0.1) is 0 Å². The molecule has 2 rings (SSSR count). The molecule has 4 heteroatoms. The van der Waals surface area contributed by atoms with E-state index in [0.29, 0.717) is 25.2 Å². The van der Waals surface area contributed by atoms with Crippen molar-refractivity contribution in [2.45, 2.75) is 18.8 Å². The van der Waals surface area contributed by atoms with Gasteiger partial charge < -0.3 is 9.47 Å². The number of rotatable bonds is 7. The van der Waals surface area contributed by atoms with Crippen LogP contribution in [0, 0.1) is 17.1 Å². The molecular weight excluding hydrogens is 281 g/mol. The molecule has 1 atom stereocenters. The quantitative estimate of drug-likeness (QED) is 0.716. The number of nitriles is 1. The van der Waals surface area contributed by atoms with E-state index >= 15 is 0 Å². The van der Waals surface area contributed by atoms with Crippen molar-refractivity contribution in [3.63, 3.8) is 0 Å². The highest BCUT2D eigenvalue weighted by molar-refractivity contribution is 5.38. The Morgan fingerprint density at radius 3 is 2.45 bits per heavy atom. The first-order valence-corrected chi connectivity index (χ1v) is 7.16. The van der Waals surface area contributed by atoms with Gasteiger partial charge in [-0.25, -0.2) is 4.39 Å². The number of nitrogens with zero attached hydrogens (tertiary/aromatic N) is 1. The molecule has 2 aromatic rings.